The lowest BCUT2D eigenvalue weighted by atomic mass is 9.98. The van der Waals surface area contributed by atoms with E-state index in [1.165, 1.54) is 37.4 Å². The Kier molecular flexibility index (Phi) is 6.39. The highest BCUT2D eigenvalue weighted by Gasteiger charge is 2.25. The quantitative estimate of drug-likeness (QED) is 0.200. The molecule has 0 bridgehead atoms. The topological polar surface area (TPSA) is 29.0 Å². The molecule has 1 aromatic heterocycles. The van der Waals surface area contributed by atoms with Crippen molar-refractivity contribution in [2.24, 2.45) is 0 Å². The third-order valence-electron chi connectivity index (χ3n) is 8.64. The summed E-state index contributed by atoms with van der Waals surface area (Å²) in [5.74, 6) is 0.723. The van der Waals surface area contributed by atoms with E-state index in [-0.39, 0.29) is 0 Å². The van der Waals surface area contributed by atoms with E-state index in [0.717, 1.165) is 44.9 Å². The largest absolute Gasteiger partial charge is 0.308 e. The van der Waals surface area contributed by atoms with Crippen LogP contribution in [0.25, 0.3) is 55.4 Å². The molecule has 2 heterocycles. The molecule has 0 unspecified atom stereocenters. The zero-order valence-electron chi connectivity index (χ0n) is 24.8. The monoisotopic (exact) mass is 605 g/mol. The number of benzene rings is 7. The van der Waals surface area contributed by atoms with Gasteiger partial charge in [0.1, 0.15) is 0 Å². The van der Waals surface area contributed by atoms with Gasteiger partial charge in [0.2, 0.25) is 0 Å². The lowest BCUT2D eigenvalue weighted by molar-refractivity contribution is 1.16. The molecule has 9 rings (SSSR count). The molecule has 0 saturated carbocycles. The van der Waals surface area contributed by atoms with Crippen LogP contribution in [-0.2, 0) is 0 Å². The molecule has 46 heavy (non-hydrogen) atoms. The van der Waals surface area contributed by atoms with E-state index in [1.807, 2.05) is 6.07 Å². The molecule has 1 aliphatic rings. The van der Waals surface area contributed by atoms with Crippen molar-refractivity contribution < 1.29 is 0 Å². The van der Waals surface area contributed by atoms with E-state index in [2.05, 4.69) is 163 Å². The van der Waals surface area contributed by atoms with Crippen molar-refractivity contribution in [1.29, 1.82) is 0 Å². The van der Waals surface area contributed by atoms with Crippen LogP contribution in [0.2, 0.25) is 0 Å². The second kappa shape index (κ2) is 11.0. The highest BCUT2D eigenvalue weighted by Crippen LogP contribution is 2.52. The molecule has 7 aromatic carbocycles. The summed E-state index contributed by atoms with van der Waals surface area (Å²) in [5, 5.41) is 3.54. The van der Waals surface area contributed by atoms with Crippen LogP contribution in [0.5, 0.6) is 0 Å². The summed E-state index contributed by atoms with van der Waals surface area (Å²) in [4.78, 5) is 15.0. The summed E-state index contributed by atoms with van der Waals surface area (Å²) in [5.41, 5.74) is 9.81. The van der Waals surface area contributed by atoms with Crippen LogP contribution in [0, 0.1) is 0 Å². The van der Waals surface area contributed by atoms with Crippen LogP contribution in [0.4, 0.5) is 17.1 Å². The zero-order chi connectivity index (χ0) is 30.5. The van der Waals surface area contributed by atoms with Crippen LogP contribution in [-0.4, -0.2) is 9.97 Å². The van der Waals surface area contributed by atoms with E-state index in [1.54, 1.807) is 11.8 Å². The molecule has 0 radical (unpaired) electrons. The highest BCUT2D eigenvalue weighted by atomic mass is 32.2. The van der Waals surface area contributed by atoms with Gasteiger partial charge in [-0.25, -0.2) is 9.97 Å². The number of anilines is 3. The van der Waals surface area contributed by atoms with Crippen molar-refractivity contribution in [3.63, 3.8) is 0 Å². The first-order valence-corrected chi connectivity index (χ1v) is 16.2. The van der Waals surface area contributed by atoms with E-state index >= 15 is 0 Å². The van der Waals surface area contributed by atoms with Crippen molar-refractivity contribution >= 4 is 50.5 Å². The summed E-state index contributed by atoms with van der Waals surface area (Å²) in [7, 11) is 0. The smallest absolute Gasteiger partial charge is 0.160 e. The normalized spacial score (nSPS) is 12.2. The number of rotatable bonds is 4. The Morgan fingerprint density at radius 3 is 2.00 bits per heavy atom. The molecule has 0 N–H and O–H groups in total. The first-order chi connectivity index (χ1) is 22.8. The van der Waals surface area contributed by atoms with Crippen molar-refractivity contribution in [1.82, 2.24) is 9.97 Å². The van der Waals surface area contributed by atoms with Crippen LogP contribution in [0.1, 0.15) is 0 Å². The Morgan fingerprint density at radius 2 is 1.11 bits per heavy atom. The van der Waals surface area contributed by atoms with E-state index in [4.69, 9.17) is 9.97 Å². The van der Waals surface area contributed by atoms with Gasteiger partial charge < -0.3 is 4.90 Å². The van der Waals surface area contributed by atoms with Gasteiger partial charge in [0.15, 0.2) is 5.82 Å². The average molecular weight is 606 g/mol. The van der Waals surface area contributed by atoms with Crippen LogP contribution in [0.15, 0.2) is 174 Å². The van der Waals surface area contributed by atoms with Crippen LogP contribution >= 0.6 is 11.8 Å². The Morgan fingerprint density at radius 1 is 0.435 bits per heavy atom. The fourth-order valence-electron chi connectivity index (χ4n) is 6.37. The van der Waals surface area contributed by atoms with Crippen LogP contribution in [0.3, 0.4) is 0 Å². The second-order valence-electron chi connectivity index (χ2n) is 11.5. The minimum Gasteiger partial charge on any atom is -0.308 e. The lowest BCUT2D eigenvalue weighted by Crippen LogP contribution is -2.14. The van der Waals surface area contributed by atoms with Gasteiger partial charge in [-0.05, 0) is 76.5 Å². The maximum absolute atomic E-state index is 5.22. The van der Waals surface area contributed by atoms with Crippen molar-refractivity contribution in [2.75, 3.05) is 4.90 Å². The zero-order valence-corrected chi connectivity index (χ0v) is 25.7. The number of hydrogen-bond donors (Lipinski definition) is 0. The van der Waals surface area contributed by atoms with E-state index in [0.29, 0.717) is 0 Å². The van der Waals surface area contributed by atoms with Crippen molar-refractivity contribution in [3.05, 3.63) is 164 Å². The van der Waals surface area contributed by atoms with Gasteiger partial charge >= 0.3 is 0 Å². The first-order valence-electron chi connectivity index (χ1n) is 15.4. The number of nitrogens with zero attached hydrogens (tertiary/aromatic N) is 3. The Hall–Kier alpha value is -5.71. The van der Waals surface area contributed by atoms with Gasteiger partial charge in [-0.1, -0.05) is 121 Å². The molecular formula is C42H27N3S. The molecule has 0 fully saturated rings. The van der Waals surface area contributed by atoms with E-state index in [9.17, 15) is 0 Å². The third-order valence-corrected chi connectivity index (χ3v) is 9.76. The Bertz CT molecular complexity index is 2400. The minimum absolute atomic E-state index is 0.723. The molecule has 3 nitrogen and oxygen atoms in total. The maximum atomic E-state index is 5.22. The molecule has 1 aliphatic heterocycles. The van der Waals surface area contributed by atoms with Gasteiger partial charge in [-0.2, -0.15) is 0 Å². The molecule has 0 saturated heterocycles. The number of aromatic nitrogens is 2. The molecule has 0 aliphatic carbocycles. The summed E-state index contributed by atoms with van der Waals surface area (Å²) in [6.45, 7) is 0. The molecule has 0 spiro atoms. The highest BCUT2D eigenvalue weighted by molar-refractivity contribution is 7.99. The van der Waals surface area contributed by atoms with Crippen LogP contribution < -0.4 is 4.90 Å². The second-order valence-corrected chi connectivity index (χ2v) is 12.6. The fraction of sp³-hybridized carbons (Fsp3) is 0. The van der Waals surface area contributed by atoms with Gasteiger partial charge in [-0.3, -0.25) is 0 Å². The Balaban J connectivity index is 1.13. The summed E-state index contributed by atoms with van der Waals surface area (Å²) in [6, 6.07) is 57.9. The van der Waals surface area contributed by atoms with Crippen molar-refractivity contribution in [2.45, 2.75) is 9.79 Å². The molecule has 216 valence electrons. The predicted octanol–water partition coefficient (Wildman–Crippen LogP) is 11.7. The molecule has 0 atom stereocenters. The maximum Gasteiger partial charge on any atom is 0.160 e. The SMILES string of the molecule is c1ccc(N2c3ccccc3Sc3cc(-c4nc(-c5ccc(-c6ccc7ccccc7c6)cc5)c5ccccc5n4)ccc32)cc1. The van der Waals surface area contributed by atoms with Crippen molar-refractivity contribution in [3.8, 4) is 33.8 Å². The predicted molar refractivity (Wildman–Crippen MR) is 192 cm³/mol. The summed E-state index contributed by atoms with van der Waals surface area (Å²) in [6.07, 6.45) is 0. The lowest BCUT2D eigenvalue weighted by Gasteiger charge is -2.33. The van der Waals surface area contributed by atoms with Gasteiger partial charge in [-0.15, -0.1) is 0 Å². The minimum atomic E-state index is 0.723. The Labute approximate surface area is 271 Å². The first kappa shape index (κ1) is 26.7. The average Bonchev–Trinajstić information content (AvgIpc) is 3.13. The molecular weight excluding hydrogens is 579 g/mol. The van der Waals surface area contributed by atoms with Gasteiger partial charge in [0, 0.05) is 32.0 Å². The molecule has 0 amide bonds. The fourth-order valence-corrected chi connectivity index (χ4v) is 7.46. The molecule has 8 aromatic rings. The summed E-state index contributed by atoms with van der Waals surface area (Å²) >= 11 is 1.80. The van der Waals surface area contributed by atoms with E-state index < -0.39 is 0 Å². The number of fused-ring (bicyclic) bond motifs is 4. The number of para-hydroxylation sites is 3. The van der Waals surface area contributed by atoms with Gasteiger partial charge in [0.05, 0.1) is 22.6 Å². The number of hydrogen-bond acceptors (Lipinski definition) is 4. The molecule has 4 heteroatoms. The van der Waals surface area contributed by atoms with Gasteiger partial charge in [0.25, 0.3) is 0 Å². The summed E-state index contributed by atoms with van der Waals surface area (Å²) < 4.78 is 0. The standard InChI is InChI=1S/C42H27N3S/c1-2-12-34(13-3-1)45-37-16-8-9-17-39(37)46-40-27-33(24-25-38(40)45)42-43-36-15-7-6-14-35(36)41(44-42)30-21-18-29(19-22-30)32-23-20-28-10-4-5-11-31(28)26-32/h1-27H. The third kappa shape index (κ3) is 4.63.